The van der Waals surface area contributed by atoms with Crippen LogP contribution in [-0.4, -0.2) is 22.3 Å². The third kappa shape index (κ3) is 5.21. The van der Waals surface area contributed by atoms with Gasteiger partial charge in [-0.25, -0.2) is 4.98 Å². The predicted molar refractivity (Wildman–Crippen MR) is 90.8 cm³/mol. The van der Waals surface area contributed by atoms with Crippen LogP contribution in [0, 0.1) is 0 Å². The minimum atomic E-state index is 0.371. The lowest BCUT2D eigenvalue weighted by molar-refractivity contribution is 0.577. The molecule has 2 aromatic rings. The Morgan fingerprint density at radius 3 is 2.62 bits per heavy atom. The fourth-order valence-corrected chi connectivity index (χ4v) is 3.21. The molecule has 3 nitrogen and oxygen atoms in total. The Balaban J connectivity index is 1.99. The van der Waals surface area contributed by atoms with Crippen molar-refractivity contribution >= 4 is 11.8 Å². The normalized spacial score (nSPS) is 12.5. The minimum Gasteiger partial charge on any atom is -0.340 e. The molecule has 1 aromatic heterocycles. The molecule has 1 aromatic carbocycles. The number of rotatable bonds is 9. The average Bonchev–Trinajstić information content (AvgIpc) is 3.02. The highest BCUT2D eigenvalue weighted by Crippen LogP contribution is 2.23. The highest BCUT2D eigenvalue weighted by atomic mass is 32.2. The standard InChI is InChI=1S/C17H25N3S/c1-3-5-14-6-8-15(9-7-14)16(18-10-4-2)13-21-17-19-11-12-20-17/h6-9,11-12,16,18H,3-5,10,13H2,1-2H3,(H,19,20). The molecule has 0 radical (unpaired) electrons. The largest absolute Gasteiger partial charge is 0.340 e. The number of nitrogens with zero attached hydrogens (tertiary/aromatic N) is 1. The number of benzene rings is 1. The number of imidazole rings is 1. The monoisotopic (exact) mass is 303 g/mol. The zero-order valence-electron chi connectivity index (χ0n) is 12.9. The maximum atomic E-state index is 4.28. The number of hydrogen-bond donors (Lipinski definition) is 2. The molecule has 21 heavy (non-hydrogen) atoms. The molecule has 0 amide bonds. The van der Waals surface area contributed by atoms with E-state index >= 15 is 0 Å². The fraction of sp³-hybridized carbons (Fsp3) is 0.471. The van der Waals surface area contributed by atoms with Gasteiger partial charge in [0, 0.05) is 24.2 Å². The molecule has 114 valence electrons. The van der Waals surface area contributed by atoms with Crippen LogP contribution in [-0.2, 0) is 6.42 Å². The van der Waals surface area contributed by atoms with Gasteiger partial charge in [-0.1, -0.05) is 56.3 Å². The number of H-pyrrole nitrogens is 1. The Kier molecular flexibility index (Phi) is 6.83. The molecule has 2 rings (SSSR count). The average molecular weight is 303 g/mol. The van der Waals surface area contributed by atoms with Gasteiger partial charge in [0.25, 0.3) is 0 Å². The van der Waals surface area contributed by atoms with E-state index in [-0.39, 0.29) is 0 Å². The van der Waals surface area contributed by atoms with Gasteiger partial charge in [0.15, 0.2) is 5.16 Å². The van der Waals surface area contributed by atoms with Gasteiger partial charge >= 0.3 is 0 Å². The minimum absolute atomic E-state index is 0.371. The summed E-state index contributed by atoms with van der Waals surface area (Å²) in [6, 6.07) is 9.42. The third-order valence-corrected chi connectivity index (χ3v) is 4.42. The first kappa shape index (κ1) is 16.1. The van der Waals surface area contributed by atoms with Crippen LogP contribution in [0.15, 0.2) is 41.8 Å². The SMILES string of the molecule is CCCNC(CSc1ncc[nH]1)c1ccc(CCC)cc1. The summed E-state index contributed by atoms with van der Waals surface area (Å²) in [5.74, 6) is 0.987. The van der Waals surface area contributed by atoms with Gasteiger partial charge in [0.1, 0.15) is 0 Å². The molecule has 2 N–H and O–H groups in total. The van der Waals surface area contributed by atoms with Crippen LogP contribution in [0.1, 0.15) is 43.9 Å². The summed E-state index contributed by atoms with van der Waals surface area (Å²) in [5, 5.41) is 4.62. The molecule has 0 aliphatic carbocycles. The van der Waals surface area contributed by atoms with E-state index in [4.69, 9.17) is 0 Å². The molecule has 0 saturated heterocycles. The number of hydrogen-bond acceptors (Lipinski definition) is 3. The maximum absolute atomic E-state index is 4.28. The zero-order chi connectivity index (χ0) is 14.9. The van der Waals surface area contributed by atoms with Crippen LogP contribution in [0.3, 0.4) is 0 Å². The lowest BCUT2D eigenvalue weighted by Crippen LogP contribution is -2.24. The molecule has 1 atom stereocenters. The van der Waals surface area contributed by atoms with Crippen LogP contribution < -0.4 is 5.32 Å². The summed E-state index contributed by atoms with van der Waals surface area (Å²) < 4.78 is 0. The Morgan fingerprint density at radius 1 is 1.19 bits per heavy atom. The summed E-state index contributed by atoms with van der Waals surface area (Å²) in [6.45, 7) is 5.47. The van der Waals surface area contributed by atoms with Crippen molar-refractivity contribution in [1.82, 2.24) is 15.3 Å². The molecule has 0 aliphatic rings. The van der Waals surface area contributed by atoms with Gasteiger partial charge in [-0.15, -0.1) is 0 Å². The van der Waals surface area contributed by atoms with Crippen molar-refractivity contribution in [3.8, 4) is 0 Å². The topological polar surface area (TPSA) is 40.7 Å². The van der Waals surface area contributed by atoms with Crippen molar-refractivity contribution in [3.63, 3.8) is 0 Å². The van der Waals surface area contributed by atoms with Crippen LogP contribution in [0.4, 0.5) is 0 Å². The summed E-state index contributed by atoms with van der Waals surface area (Å²) in [5.41, 5.74) is 2.79. The van der Waals surface area contributed by atoms with Crippen molar-refractivity contribution < 1.29 is 0 Å². The fourth-order valence-electron chi connectivity index (χ4n) is 2.29. The molecule has 1 unspecified atom stereocenters. The summed E-state index contributed by atoms with van der Waals surface area (Å²) in [4.78, 5) is 7.43. The smallest absolute Gasteiger partial charge is 0.165 e. The van der Waals surface area contributed by atoms with Gasteiger partial charge in [-0.3, -0.25) is 0 Å². The number of nitrogens with one attached hydrogen (secondary N) is 2. The van der Waals surface area contributed by atoms with E-state index in [0.717, 1.165) is 30.3 Å². The molecular formula is C17H25N3S. The second-order valence-corrected chi connectivity index (χ2v) is 6.21. The highest BCUT2D eigenvalue weighted by Gasteiger charge is 2.12. The van der Waals surface area contributed by atoms with E-state index in [0.29, 0.717) is 6.04 Å². The molecule has 4 heteroatoms. The number of thioether (sulfide) groups is 1. The van der Waals surface area contributed by atoms with Gasteiger partial charge in [0.05, 0.1) is 0 Å². The summed E-state index contributed by atoms with van der Waals surface area (Å²) >= 11 is 1.77. The van der Waals surface area contributed by atoms with Gasteiger partial charge in [-0.05, 0) is 30.5 Å². The summed E-state index contributed by atoms with van der Waals surface area (Å²) in [6.07, 6.45) is 7.18. The molecule has 0 aliphatic heterocycles. The Morgan fingerprint density at radius 2 is 2.00 bits per heavy atom. The lowest BCUT2D eigenvalue weighted by atomic mass is 10.0. The van der Waals surface area contributed by atoms with Crippen molar-refractivity contribution in [2.75, 3.05) is 12.3 Å². The number of aromatic nitrogens is 2. The first-order valence-corrected chi connectivity index (χ1v) is 8.76. The second kappa shape index (κ2) is 8.90. The van der Waals surface area contributed by atoms with Gasteiger partial charge < -0.3 is 10.3 Å². The molecule has 1 heterocycles. The van der Waals surface area contributed by atoms with Crippen LogP contribution in [0.25, 0.3) is 0 Å². The second-order valence-electron chi connectivity index (χ2n) is 5.20. The Hall–Kier alpha value is -1.26. The van der Waals surface area contributed by atoms with Crippen molar-refractivity contribution in [1.29, 1.82) is 0 Å². The number of aromatic amines is 1. The number of aryl methyl sites for hydroxylation is 1. The lowest BCUT2D eigenvalue weighted by Gasteiger charge is -2.18. The van der Waals surface area contributed by atoms with E-state index in [1.165, 1.54) is 17.5 Å². The predicted octanol–water partition coefficient (Wildman–Crippen LogP) is 4.20. The first-order chi connectivity index (χ1) is 10.3. The van der Waals surface area contributed by atoms with E-state index in [9.17, 15) is 0 Å². The molecule has 0 bridgehead atoms. The highest BCUT2D eigenvalue weighted by molar-refractivity contribution is 7.99. The van der Waals surface area contributed by atoms with Gasteiger partial charge in [0.2, 0.25) is 0 Å². The van der Waals surface area contributed by atoms with Gasteiger partial charge in [-0.2, -0.15) is 0 Å². The van der Waals surface area contributed by atoms with Crippen LogP contribution in [0.5, 0.6) is 0 Å². The van der Waals surface area contributed by atoms with E-state index in [2.05, 4.69) is 53.4 Å². The Bertz CT molecular complexity index is 493. The van der Waals surface area contributed by atoms with E-state index < -0.39 is 0 Å². The molecular weight excluding hydrogens is 278 g/mol. The zero-order valence-corrected chi connectivity index (χ0v) is 13.7. The first-order valence-electron chi connectivity index (χ1n) is 7.77. The van der Waals surface area contributed by atoms with E-state index in [1.54, 1.807) is 18.0 Å². The van der Waals surface area contributed by atoms with Crippen LogP contribution in [0.2, 0.25) is 0 Å². The Labute approximate surface area is 132 Å². The third-order valence-electron chi connectivity index (χ3n) is 3.42. The van der Waals surface area contributed by atoms with Crippen LogP contribution >= 0.6 is 11.8 Å². The van der Waals surface area contributed by atoms with Crippen molar-refractivity contribution in [2.24, 2.45) is 0 Å². The quantitative estimate of drug-likeness (QED) is 0.682. The molecule has 0 fully saturated rings. The van der Waals surface area contributed by atoms with Crippen molar-refractivity contribution in [3.05, 3.63) is 47.8 Å². The maximum Gasteiger partial charge on any atom is 0.165 e. The molecule has 0 saturated carbocycles. The van der Waals surface area contributed by atoms with Crippen molar-refractivity contribution in [2.45, 2.75) is 44.3 Å². The van der Waals surface area contributed by atoms with E-state index in [1.807, 2.05) is 6.20 Å². The molecule has 0 spiro atoms. The summed E-state index contributed by atoms with van der Waals surface area (Å²) in [7, 11) is 0.